The topological polar surface area (TPSA) is 69.2 Å². The number of aryl methyl sites for hydroxylation is 1. The SMILES string of the molecule is CN=C(NCCCN1CCCC1C(=O)N(C)C)NCc1cc(C)ccc1OC(F)F. The van der Waals surface area contributed by atoms with Crippen LogP contribution >= 0.6 is 0 Å². The summed E-state index contributed by atoms with van der Waals surface area (Å²) in [5.41, 5.74) is 1.60. The quantitative estimate of drug-likeness (QED) is 0.361. The van der Waals surface area contributed by atoms with Crippen molar-refractivity contribution in [1.29, 1.82) is 0 Å². The molecule has 168 valence electrons. The first-order valence-corrected chi connectivity index (χ1v) is 10.3. The highest BCUT2D eigenvalue weighted by Gasteiger charge is 2.30. The van der Waals surface area contributed by atoms with Crippen LogP contribution in [0.4, 0.5) is 8.78 Å². The molecule has 30 heavy (non-hydrogen) atoms. The fraction of sp³-hybridized carbons (Fsp3) is 0.619. The number of guanidine groups is 1. The first kappa shape index (κ1) is 23.9. The number of benzene rings is 1. The van der Waals surface area contributed by atoms with Gasteiger partial charge in [-0.25, -0.2) is 0 Å². The molecule has 1 heterocycles. The Hall–Kier alpha value is -2.42. The summed E-state index contributed by atoms with van der Waals surface area (Å²) < 4.78 is 29.8. The second kappa shape index (κ2) is 11.7. The van der Waals surface area contributed by atoms with Crippen molar-refractivity contribution < 1.29 is 18.3 Å². The van der Waals surface area contributed by atoms with Crippen LogP contribution in [0.1, 0.15) is 30.4 Å². The van der Waals surface area contributed by atoms with Crippen LogP contribution in [0.3, 0.4) is 0 Å². The summed E-state index contributed by atoms with van der Waals surface area (Å²) in [6.07, 6.45) is 2.82. The summed E-state index contributed by atoms with van der Waals surface area (Å²) in [5.74, 6) is 0.906. The number of amides is 1. The third-order valence-corrected chi connectivity index (χ3v) is 5.11. The molecule has 0 aliphatic carbocycles. The Bertz CT molecular complexity index is 727. The molecule has 0 radical (unpaired) electrons. The molecule has 0 spiro atoms. The fourth-order valence-corrected chi connectivity index (χ4v) is 3.62. The number of nitrogens with one attached hydrogen (secondary N) is 2. The number of hydrogen-bond acceptors (Lipinski definition) is 4. The summed E-state index contributed by atoms with van der Waals surface area (Å²) >= 11 is 0. The van der Waals surface area contributed by atoms with E-state index in [0.29, 0.717) is 24.6 Å². The van der Waals surface area contributed by atoms with E-state index in [9.17, 15) is 13.6 Å². The van der Waals surface area contributed by atoms with Crippen LogP contribution in [0.2, 0.25) is 0 Å². The number of carbonyl (C=O) groups excluding carboxylic acids is 1. The van der Waals surface area contributed by atoms with Gasteiger partial charge in [-0.2, -0.15) is 8.78 Å². The molecule has 1 saturated heterocycles. The van der Waals surface area contributed by atoms with Crippen molar-refractivity contribution in [1.82, 2.24) is 20.4 Å². The highest BCUT2D eigenvalue weighted by Crippen LogP contribution is 2.22. The maximum Gasteiger partial charge on any atom is 0.387 e. The summed E-state index contributed by atoms with van der Waals surface area (Å²) in [6, 6.07) is 5.08. The largest absolute Gasteiger partial charge is 0.434 e. The van der Waals surface area contributed by atoms with E-state index in [1.54, 1.807) is 38.2 Å². The van der Waals surface area contributed by atoms with Crippen molar-refractivity contribution in [2.75, 3.05) is 40.8 Å². The minimum absolute atomic E-state index is 0.0213. The Balaban J connectivity index is 1.79. The third kappa shape index (κ3) is 7.12. The molecule has 0 aromatic heterocycles. The molecule has 1 aliphatic heterocycles. The molecule has 1 aliphatic rings. The van der Waals surface area contributed by atoms with Crippen LogP contribution in [-0.2, 0) is 11.3 Å². The molecule has 1 amide bonds. The number of rotatable bonds is 9. The summed E-state index contributed by atoms with van der Waals surface area (Å²) in [7, 11) is 5.25. The zero-order valence-electron chi connectivity index (χ0n) is 18.3. The van der Waals surface area contributed by atoms with Gasteiger partial charge >= 0.3 is 6.61 Å². The molecular weight excluding hydrogens is 392 g/mol. The van der Waals surface area contributed by atoms with E-state index in [2.05, 4.69) is 25.3 Å². The van der Waals surface area contributed by atoms with Gasteiger partial charge in [-0.15, -0.1) is 0 Å². The highest BCUT2D eigenvalue weighted by molar-refractivity contribution is 5.81. The van der Waals surface area contributed by atoms with E-state index >= 15 is 0 Å². The average molecular weight is 426 g/mol. The Morgan fingerprint density at radius 3 is 2.80 bits per heavy atom. The van der Waals surface area contributed by atoms with Crippen LogP contribution in [-0.4, -0.2) is 75.1 Å². The first-order chi connectivity index (χ1) is 14.3. The van der Waals surface area contributed by atoms with E-state index in [4.69, 9.17) is 0 Å². The molecule has 2 N–H and O–H groups in total. The number of carbonyl (C=O) groups is 1. The molecule has 1 aromatic rings. The Labute approximate surface area is 177 Å². The smallest absolute Gasteiger partial charge is 0.387 e. The molecule has 2 rings (SSSR count). The van der Waals surface area contributed by atoms with Crippen molar-refractivity contribution in [3.63, 3.8) is 0 Å². The Morgan fingerprint density at radius 2 is 2.13 bits per heavy atom. The lowest BCUT2D eigenvalue weighted by Gasteiger charge is -2.26. The lowest BCUT2D eigenvalue weighted by molar-refractivity contribution is -0.133. The molecule has 1 unspecified atom stereocenters. The normalized spacial score (nSPS) is 17.3. The molecule has 0 bridgehead atoms. The number of ether oxygens (including phenoxy) is 1. The Kier molecular flexibility index (Phi) is 9.29. The number of nitrogens with zero attached hydrogens (tertiary/aromatic N) is 3. The molecule has 1 aromatic carbocycles. The number of halogens is 2. The van der Waals surface area contributed by atoms with Gasteiger partial charge in [0.1, 0.15) is 5.75 Å². The second-order valence-electron chi connectivity index (χ2n) is 7.62. The average Bonchev–Trinajstić information content (AvgIpc) is 3.16. The van der Waals surface area contributed by atoms with Gasteiger partial charge in [0.25, 0.3) is 0 Å². The number of hydrogen-bond donors (Lipinski definition) is 2. The van der Waals surface area contributed by atoms with Crippen molar-refractivity contribution in [2.24, 2.45) is 4.99 Å². The molecule has 9 heteroatoms. The van der Waals surface area contributed by atoms with Gasteiger partial charge in [-0.05, 0) is 38.8 Å². The maximum atomic E-state index is 12.6. The van der Waals surface area contributed by atoms with Crippen LogP contribution in [0, 0.1) is 6.92 Å². The lowest BCUT2D eigenvalue weighted by Crippen LogP contribution is -2.44. The number of aliphatic imine (C=N–C) groups is 1. The van der Waals surface area contributed by atoms with Crippen molar-refractivity contribution >= 4 is 11.9 Å². The van der Waals surface area contributed by atoms with E-state index in [0.717, 1.165) is 37.9 Å². The van der Waals surface area contributed by atoms with Crippen LogP contribution in [0.25, 0.3) is 0 Å². The first-order valence-electron chi connectivity index (χ1n) is 10.3. The third-order valence-electron chi connectivity index (χ3n) is 5.11. The number of alkyl halides is 2. The molecular formula is C21H33F2N5O2. The van der Waals surface area contributed by atoms with E-state index in [1.165, 1.54) is 0 Å². The summed E-state index contributed by atoms with van der Waals surface area (Å²) in [4.78, 5) is 20.3. The van der Waals surface area contributed by atoms with Gasteiger partial charge in [-0.3, -0.25) is 14.7 Å². The van der Waals surface area contributed by atoms with Crippen molar-refractivity contribution in [2.45, 2.75) is 45.4 Å². The number of likely N-dealkylation sites (N-methyl/N-ethyl adjacent to an activating group) is 1. The number of likely N-dealkylation sites (tertiary alicyclic amines) is 1. The standard InChI is InChI=1S/C21H33F2N5O2/c1-15-8-9-18(30-20(22)23)16(13-15)14-26-21(24-2)25-10-6-12-28-11-5-7-17(28)19(29)27(3)4/h8-9,13,17,20H,5-7,10-12,14H2,1-4H3,(H2,24,25,26). The Morgan fingerprint density at radius 1 is 1.37 bits per heavy atom. The van der Waals surface area contributed by atoms with Gasteiger partial charge in [0.2, 0.25) is 5.91 Å². The van der Waals surface area contributed by atoms with Gasteiger partial charge in [-0.1, -0.05) is 17.7 Å². The van der Waals surface area contributed by atoms with Crippen LogP contribution < -0.4 is 15.4 Å². The maximum absolute atomic E-state index is 12.6. The summed E-state index contributed by atoms with van der Waals surface area (Å²) in [5, 5.41) is 6.37. The highest BCUT2D eigenvalue weighted by atomic mass is 19.3. The second-order valence-corrected chi connectivity index (χ2v) is 7.62. The zero-order valence-corrected chi connectivity index (χ0v) is 18.3. The van der Waals surface area contributed by atoms with E-state index in [1.807, 2.05) is 13.0 Å². The van der Waals surface area contributed by atoms with E-state index in [-0.39, 0.29) is 17.7 Å². The van der Waals surface area contributed by atoms with Crippen molar-refractivity contribution in [3.8, 4) is 5.75 Å². The predicted octanol–water partition coefficient (Wildman–Crippen LogP) is 2.20. The van der Waals surface area contributed by atoms with Gasteiger partial charge < -0.3 is 20.3 Å². The molecule has 0 saturated carbocycles. The van der Waals surface area contributed by atoms with Gasteiger partial charge in [0.05, 0.1) is 6.04 Å². The van der Waals surface area contributed by atoms with Gasteiger partial charge in [0.15, 0.2) is 5.96 Å². The minimum Gasteiger partial charge on any atom is -0.434 e. The molecule has 1 fully saturated rings. The van der Waals surface area contributed by atoms with Crippen molar-refractivity contribution in [3.05, 3.63) is 29.3 Å². The van der Waals surface area contributed by atoms with E-state index < -0.39 is 6.61 Å². The predicted molar refractivity (Wildman–Crippen MR) is 114 cm³/mol. The fourth-order valence-electron chi connectivity index (χ4n) is 3.62. The zero-order chi connectivity index (χ0) is 22.1. The molecule has 7 nitrogen and oxygen atoms in total. The van der Waals surface area contributed by atoms with Gasteiger partial charge in [0, 0.05) is 46.3 Å². The monoisotopic (exact) mass is 425 g/mol. The lowest BCUT2D eigenvalue weighted by atomic mass is 10.1. The van der Waals surface area contributed by atoms with Crippen LogP contribution in [0.5, 0.6) is 5.75 Å². The minimum atomic E-state index is -2.86. The van der Waals surface area contributed by atoms with Crippen LogP contribution in [0.15, 0.2) is 23.2 Å². The molecule has 1 atom stereocenters. The summed E-state index contributed by atoms with van der Waals surface area (Å²) in [6.45, 7) is 1.81.